The van der Waals surface area contributed by atoms with Crippen molar-refractivity contribution in [3.63, 3.8) is 0 Å². The highest BCUT2D eigenvalue weighted by atomic mass is 16.5. The molecule has 1 aliphatic heterocycles. The second-order valence-electron chi connectivity index (χ2n) is 8.25. The van der Waals surface area contributed by atoms with E-state index in [0.29, 0.717) is 17.7 Å². The average molecular weight is 335 g/mol. The van der Waals surface area contributed by atoms with Crippen molar-refractivity contribution in [2.45, 2.75) is 77.9 Å². The van der Waals surface area contributed by atoms with Crippen LogP contribution in [0.15, 0.2) is 4.42 Å². The highest BCUT2D eigenvalue weighted by molar-refractivity contribution is 5.73. The largest absolute Gasteiger partial charge is 0.423 e. The van der Waals surface area contributed by atoms with E-state index in [0.717, 1.165) is 25.9 Å². The van der Waals surface area contributed by atoms with Crippen LogP contribution in [0.3, 0.4) is 0 Å². The second-order valence-corrected chi connectivity index (χ2v) is 8.25. The molecule has 1 amide bonds. The molecule has 0 aromatic carbocycles. The Morgan fingerprint density at radius 3 is 2.54 bits per heavy atom. The Morgan fingerprint density at radius 2 is 1.92 bits per heavy atom. The Balaban J connectivity index is 1.81. The molecule has 0 radical (unpaired) electrons. The van der Waals surface area contributed by atoms with Crippen LogP contribution in [0.2, 0.25) is 0 Å². The third-order valence-corrected chi connectivity index (χ3v) is 5.21. The fourth-order valence-corrected chi connectivity index (χ4v) is 4.11. The minimum absolute atomic E-state index is 0.0261. The maximum Gasteiger partial charge on any atom is 0.239 e. The van der Waals surface area contributed by atoms with Crippen LogP contribution < -0.4 is 5.32 Å². The molecule has 2 aliphatic rings. The van der Waals surface area contributed by atoms with Gasteiger partial charge in [0.1, 0.15) is 6.04 Å². The van der Waals surface area contributed by atoms with E-state index in [2.05, 4.69) is 36.3 Å². The molecule has 2 heterocycles. The van der Waals surface area contributed by atoms with Gasteiger partial charge in [-0.2, -0.15) is 0 Å². The van der Waals surface area contributed by atoms with Crippen LogP contribution in [-0.2, 0) is 9.53 Å². The van der Waals surface area contributed by atoms with Crippen molar-refractivity contribution in [2.75, 3.05) is 6.61 Å². The summed E-state index contributed by atoms with van der Waals surface area (Å²) in [6.07, 6.45) is 5.57. The van der Waals surface area contributed by atoms with Gasteiger partial charge in [0.05, 0.1) is 12.0 Å². The Hall–Kier alpha value is -1.43. The van der Waals surface area contributed by atoms with Gasteiger partial charge >= 0.3 is 0 Å². The van der Waals surface area contributed by atoms with E-state index in [9.17, 15) is 4.79 Å². The number of nitrogens with zero attached hydrogens (tertiary/aromatic N) is 2. The molecule has 6 nitrogen and oxygen atoms in total. The van der Waals surface area contributed by atoms with Crippen molar-refractivity contribution in [3.8, 4) is 0 Å². The number of aromatic nitrogens is 2. The lowest BCUT2D eigenvalue weighted by Crippen LogP contribution is -2.31. The molecule has 0 bridgehead atoms. The molecule has 1 saturated heterocycles. The van der Waals surface area contributed by atoms with E-state index in [1.54, 1.807) is 6.92 Å². The molecule has 1 aromatic rings. The van der Waals surface area contributed by atoms with Crippen LogP contribution in [0.5, 0.6) is 0 Å². The maximum absolute atomic E-state index is 11.6. The summed E-state index contributed by atoms with van der Waals surface area (Å²) in [4.78, 5) is 11.6. The summed E-state index contributed by atoms with van der Waals surface area (Å²) in [5.74, 6) is 1.67. The van der Waals surface area contributed by atoms with Crippen molar-refractivity contribution in [3.05, 3.63) is 11.8 Å². The average Bonchev–Trinajstić information content (AvgIpc) is 3.22. The van der Waals surface area contributed by atoms with Crippen molar-refractivity contribution in [2.24, 2.45) is 11.3 Å². The third-order valence-electron chi connectivity index (χ3n) is 5.21. The van der Waals surface area contributed by atoms with E-state index >= 15 is 0 Å². The van der Waals surface area contributed by atoms with Crippen molar-refractivity contribution >= 4 is 5.91 Å². The molecule has 1 aliphatic carbocycles. The van der Waals surface area contributed by atoms with E-state index in [1.807, 2.05) is 0 Å². The van der Waals surface area contributed by atoms with Crippen molar-refractivity contribution < 1.29 is 13.9 Å². The highest BCUT2D eigenvalue weighted by Crippen LogP contribution is 2.41. The summed E-state index contributed by atoms with van der Waals surface area (Å²) in [6.45, 7) is 8.78. The molecule has 24 heavy (non-hydrogen) atoms. The lowest BCUT2D eigenvalue weighted by molar-refractivity contribution is -0.120. The standard InChI is InChI=1S/C18H29N3O3/c1-11(22)19-14(12-7-5-6-8-12)17-21-20-16(24-17)13-9-10-23-15(13)18(2,3)4/h12-15H,5-10H2,1-4H3,(H,19,22)/t13-,14?,15-/m0/s1. The van der Waals surface area contributed by atoms with Crippen LogP contribution in [0.4, 0.5) is 0 Å². The quantitative estimate of drug-likeness (QED) is 0.913. The first-order chi connectivity index (χ1) is 11.4. The highest BCUT2D eigenvalue weighted by Gasteiger charge is 2.41. The number of ether oxygens (including phenoxy) is 1. The molecule has 3 rings (SSSR count). The molecule has 1 unspecified atom stereocenters. The second kappa shape index (κ2) is 6.82. The Labute approximate surface area is 143 Å². The van der Waals surface area contributed by atoms with E-state index in [1.165, 1.54) is 12.8 Å². The normalized spacial score (nSPS) is 26.7. The van der Waals surface area contributed by atoms with Gasteiger partial charge in [0.25, 0.3) is 0 Å². The SMILES string of the molecule is CC(=O)NC(c1nnc([C@H]2CCO[C@@H]2C(C)(C)C)o1)C1CCCC1. The molecule has 134 valence electrons. The summed E-state index contributed by atoms with van der Waals surface area (Å²) < 4.78 is 12.0. The van der Waals surface area contributed by atoms with Gasteiger partial charge in [-0.25, -0.2) is 0 Å². The minimum atomic E-state index is -0.165. The van der Waals surface area contributed by atoms with Gasteiger partial charge in [-0.05, 0) is 30.6 Å². The summed E-state index contributed by atoms with van der Waals surface area (Å²) in [6, 6.07) is -0.165. The van der Waals surface area contributed by atoms with Gasteiger partial charge in [-0.1, -0.05) is 33.6 Å². The van der Waals surface area contributed by atoms with Gasteiger partial charge in [0, 0.05) is 13.5 Å². The van der Waals surface area contributed by atoms with Crippen LogP contribution >= 0.6 is 0 Å². The Bertz CT molecular complexity index is 572. The number of carbonyl (C=O) groups is 1. The molecular formula is C18H29N3O3. The first kappa shape index (κ1) is 17.4. The third kappa shape index (κ3) is 3.63. The first-order valence-corrected chi connectivity index (χ1v) is 9.08. The number of rotatable bonds is 4. The number of amides is 1. The van der Waals surface area contributed by atoms with Crippen LogP contribution in [0.25, 0.3) is 0 Å². The Kier molecular flexibility index (Phi) is 4.95. The molecule has 0 spiro atoms. The van der Waals surface area contributed by atoms with E-state index in [-0.39, 0.29) is 29.4 Å². The fraction of sp³-hybridized carbons (Fsp3) is 0.833. The van der Waals surface area contributed by atoms with Crippen LogP contribution in [0.1, 0.15) is 83.5 Å². The topological polar surface area (TPSA) is 77.2 Å². The van der Waals surface area contributed by atoms with Gasteiger partial charge in [0.15, 0.2) is 0 Å². The smallest absolute Gasteiger partial charge is 0.239 e. The maximum atomic E-state index is 11.6. The summed E-state index contributed by atoms with van der Waals surface area (Å²) in [5, 5.41) is 11.6. The van der Waals surface area contributed by atoms with Crippen molar-refractivity contribution in [1.29, 1.82) is 0 Å². The van der Waals surface area contributed by atoms with Gasteiger partial charge in [-0.15, -0.1) is 10.2 Å². The summed E-state index contributed by atoms with van der Waals surface area (Å²) in [7, 11) is 0. The van der Waals surface area contributed by atoms with Crippen molar-refractivity contribution in [1.82, 2.24) is 15.5 Å². The van der Waals surface area contributed by atoms with E-state index in [4.69, 9.17) is 9.15 Å². The number of hydrogen-bond donors (Lipinski definition) is 1. The molecule has 1 aromatic heterocycles. The first-order valence-electron chi connectivity index (χ1n) is 9.08. The molecule has 3 atom stereocenters. The number of carbonyl (C=O) groups excluding carboxylic acids is 1. The fourth-order valence-electron chi connectivity index (χ4n) is 4.11. The van der Waals surface area contributed by atoms with Gasteiger partial charge < -0.3 is 14.5 Å². The predicted octanol–water partition coefficient (Wildman–Crippen LogP) is 3.36. The predicted molar refractivity (Wildman–Crippen MR) is 89.4 cm³/mol. The monoisotopic (exact) mass is 335 g/mol. The zero-order valence-corrected chi connectivity index (χ0v) is 15.2. The van der Waals surface area contributed by atoms with Gasteiger partial charge in [-0.3, -0.25) is 4.79 Å². The van der Waals surface area contributed by atoms with E-state index < -0.39 is 0 Å². The van der Waals surface area contributed by atoms with Crippen LogP contribution in [-0.4, -0.2) is 28.8 Å². The molecule has 6 heteroatoms. The zero-order chi connectivity index (χ0) is 17.3. The Morgan fingerprint density at radius 1 is 1.21 bits per heavy atom. The molecular weight excluding hydrogens is 306 g/mol. The zero-order valence-electron chi connectivity index (χ0n) is 15.2. The molecule has 1 saturated carbocycles. The lowest BCUT2D eigenvalue weighted by Gasteiger charge is -2.29. The lowest BCUT2D eigenvalue weighted by atomic mass is 9.81. The summed E-state index contributed by atoms with van der Waals surface area (Å²) in [5.41, 5.74) is 0.0261. The number of hydrogen-bond acceptors (Lipinski definition) is 5. The molecule has 2 fully saturated rings. The summed E-state index contributed by atoms with van der Waals surface area (Å²) >= 11 is 0. The van der Waals surface area contributed by atoms with Gasteiger partial charge in [0.2, 0.25) is 17.7 Å². The molecule has 1 N–H and O–H groups in total. The minimum Gasteiger partial charge on any atom is -0.423 e. The van der Waals surface area contributed by atoms with Crippen LogP contribution in [0, 0.1) is 11.3 Å². The number of nitrogens with one attached hydrogen (secondary N) is 1.